The summed E-state index contributed by atoms with van der Waals surface area (Å²) in [5.41, 5.74) is 7.91. The summed E-state index contributed by atoms with van der Waals surface area (Å²) in [5, 5.41) is 4.05. The number of rotatable bonds is 5. The molecule has 1 atom stereocenters. The van der Waals surface area contributed by atoms with Gasteiger partial charge in [0.25, 0.3) is 0 Å². The van der Waals surface area contributed by atoms with Gasteiger partial charge in [-0.3, -0.25) is 4.79 Å². The number of carbonyl (C=O) groups is 1. The predicted octanol–water partition coefficient (Wildman–Crippen LogP) is 4.71. The summed E-state index contributed by atoms with van der Waals surface area (Å²) >= 11 is 0. The average molecular weight is 394 g/mol. The van der Waals surface area contributed by atoms with Crippen LogP contribution in [0.1, 0.15) is 25.8 Å². The monoisotopic (exact) mass is 393 g/mol. The van der Waals surface area contributed by atoms with Crippen LogP contribution in [0.25, 0.3) is 10.9 Å². The third-order valence-corrected chi connectivity index (χ3v) is 4.34. The standard InChI is InChI=1S/C20H23N3O.2ClH/c1-3-12-23-13-11-15-14-17(9-10-18(15)23)22-19(24)20(2,21)16-7-5-4-6-8-16;;/h4-11,13-14H,3,12,21H2,1-2H3,(H,22,24);2*1H. The van der Waals surface area contributed by atoms with Gasteiger partial charge in [0, 0.05) is 29.3 Å². The fourth-order valence-electron chi connectivity index (χ4n) is 2.89. The van der Waals surface area contributed by atoms with Gasteiger partial charge >= 0.3 is 0 Å². The highest BCUT2D eigenvalue weighted by molar-refractivity contribution is 5.99. The fraction of sp³-hybridized carbons (Fsp3) is 0.250. The fourth-order valence-corrected chi connectivity index (χ4v) is 2.89. The Balaban J connectivity index is 0.00000169. The second kappa shape index (κ2) is 9.08. The molecule has 0 spiro atoms. The molecule has 0 radical (unpaired) electrons. The molecule has 0 bridgehead atoms. The maximum absolute atomic E-state index is 12.6. The summed E-state index contributed by atoms with van der Waals surface area (Å²) in [6.07, 6.45) is 3.17. The first-order valence-corrected chi connectivity index (χ1v) is 8.27. The van der Waals surface area contributed by atoms with Crippen LogP contribution in [0.5, 0.6) is 0 Å². The number of nitrogens with zero attached hydrogens (tertiary/aromatic N) is 1. The zero-order valence-corrected chi connectivity index (χ0v) is 16.6. The Bertz CT molecular complexity index is 860. The van der Waals surface area contributed by atoms with Crippen molar-refractivity contribution in [2.75, 3.05) is 5.32 Å². The number of fused-ring (bicyclic) bond motifs is 1. The Morgan fingerprint density at radius 2 is 1.81 bits per heavy atom. The number of nitrogens with one attached hydrogen (secondary N) is 1. The first-order chi connectivity index (χ1) is 11.5. The van der Waals surface area contributed by atoms with E-state index in [0.717, 1.165) is 29.6 Å². The molecule has 1 amide bonds. The summed E-state index contributed by atoms with van der Waals surface area (Å²) in [7, 11) is 0. The molecule has 0 saturated carbocycles. The Hall–Kier alpha value is -2.01. The molecule has 0 fully saturated rings. The largest absolute Gasteiger partial charge is 0.347 e. The first-order valence-electron chi connectivity index (χ1n) is 8.27. The van der Waals surface area contributed by atoms with Crippen LogP contribution in [0.3, 0.4) is 0 Å². The minimum absolute atomic E-state index is 0. The van der Waals surface area contributed by atoms with E-state index in [4.69, 9.17) is 5.73 Å². The van der Waals surface area contributed by atoms with Crippen LogP contribution in [0.15, 0.2) is 60.8 Å². The molecule has 6 heteroatoms. The van der Waals surface area contributed by atoms with Crippen molar-refractivity contribution in [3.05, 3.63) is 66.4 Å². The number of hydrogen-bond donors (Lipinski definition) is 2. The van der Waals surface area contributed by atoms with Crippen molar-refractivity contribution in [2.45, 2.75) is 32.4 Å². The molecule has 3 N–H and O–H groups in total. The van der Waals surface area contributed by atoms with E-state index in [1.807, 2.05) is 48.5 Å². The summed E-state index contributed by atoms with van der Waals surface area (Å²) in [6, 6.07) is 17.4. The van der Waals surface area contributed by atoms with E-state index in [9.17, 15) is 4.79 Å². The zero-order valence-electron chi connectivity index (χ0n) is 14.9. The van der Waals surface area contributed by atoms with Gasteiger partial charge in [-0.25, -0.2) is 0 Å². The van der Waals surface area contributed by atoms with E-state index >= 15 is 0 Å². The number of hydrogen-bond acceptors (Lipinski definition) is 2. The lowest BCUT2D eigenvalue weighted by Crippen LogP contribution is -2.45. The Morgan fingerprint density at radius 3 is 2.46 bits per heavy atom. The van der Waals surface area contributed by atoms with Gasteiger partial charge in [-0.15, -0.1) is 24.8 Å². The molecule has 26 heavy (non-hydrogen) atoms. The topological polar surface area (TPSA) is 60.0 Å². The smallest absolute Gasteiger partial charge is 0.248 e. The number of halogens is 2. The van der Waals surface area contributed by atoms with Crippen molar-refractivity contribution in [2.24, 2.45) is 5.73 Å². The summed E-state index contributed by atoms with van der Waals surface area (Å²) in [6.45, 7) is 4.88. The van der Waals surface area contributed by atoms with Crippen molar-refractivity contribution >= 4 is 47.3 Å². The van der Waals surface area contributed by atoms with Crippen molar-refractivity contribution in [1.29, 1.82) is 0 Å². The van der Waals surface area contributed by atoms with Crippen LogP contribution in [-0.2, 0) is 16.9 Å². The number of benzene rings is 2. The normalized spacial score (nSPS) is 12.6. The second-order valence-electron chi connectivity index (χ2n) is 6.31. The molecule has 4 nitrogen and oxygen atoms in total. The lowest BCUT2D eigenvalue weighted by atomic mass is 9.92. The minimum atomic E-state index is -1.08. The maximum atomic E-state index is 12.6. The highest BCUT2D eigenvalue weighted by Crippen LogP contribution is 2.24. The molecule has 1 heterocycles. The first kappa shape index (κ1) is 22.0. The predicted molar refractivity (Wildman–Crippen MR) is 113 cm³/mol. The molecule has 3 rings (SSSR count). The molecule has 0 saturated heterocycles. The van der Waals surface area contributed by atoms with Gasteiger partial charge in [-0.05, 0) is 43.2 Å². The van der Waals surface area contributed by atoms with Crippen LogP contribution in [0.4, 0.5) is 5.69 Å². The van der Waals surface area contributed by atoms with E-state index in [-0.39, 0.29) is 30.7 Å². The molecular formula is C20H25Cl2N3O. The molecule has 3 aromatic rings. The van der Waals surface area contributed by atoms with Crippen molar-refractivity contribution in [3.63, 3.8) is 0 Å². The van der Waals surface area contributed by atoms with Crippen LogP contribution < -0.4 is 11.1 Å². The second-order valence-corrected chi connectivity index (χ2v) is 6.31. The molecule has 1 unspecified atom stereocenters. The van der Waals surface area contributed by atoms with Crippen molar-refractivity contribution < 1.29 is 4.79 Å². The quantitative estimate of drug-likeness (QED) is 0.659. The number of anilines is 1. The van der Waals surface area contributed by atoms with E-state index in [1.54, 1.807) is 6.92 Å². The summed E-state index contributed by atoms with van der Waals surface area (Å²) in [5.74, 6) is -0.221. The summed E-state index contributed by atoms with van der Waals surface area (Å²) in [4.78, 5) is 12.6. The van der Waals surface area contributed by atoms with Crippen LogP contribution in [0.2, 0.25) is 0 Å². The summed E-state index contributed by atoms with van der Waals surface area (Å²) < 4.78 is 2.22. The van der Waals surface area contributed by atoms with Crippen LogP contribution >= 0.6 is 24.8 Å². The zero-order chi connectivity index (χ0) is 17.2. The van der Waals surface area contributed by atoms with Gasteiger partial charge in [0.15, 0.2) is 0 Å². The lowest BCUT2D eigenvalue weighted by Gasteiger charge is -2.24. The Kier molecular flexibility index (Phi) is 7.69. The highest BCUT2D eigenvalue weighted by Gasteiger charge is 2.30. The number of aromatic nitrogens is 1. The minimum Gasteiger partial charge on any atom is -0.347 e. The lowest BCUT2D eigenvalue weighted by molar-refractivity contribution is -0.120. The maximum Gasteiger partial charge on any atom is 0.248 e. The van der Waals surface area contributed by atoms with E-state index in [1.165, 1.54) is 5.52 Å². The van der Waals surface area contributed by atoms with Gasteiger partial charge in [-0.1, -0.05) is 37.3 Å². The van der Waals surface area contributed by atoms with E-state index in [2.05, 4.69) is 29.1 Å². The molecule has 1 aromatic heterocycles. The number of carbonyl (C=O) groups excluding carboxylic acids is 1. The van der Waals surface area contributed by atoms with E-state index in [0.29, 0.717) is 0 Å². The molecule has 2 aromatic carbocycles. The van der Waals surface area contributed by atoms with Gasteiger partial charge in [0.05, 0.1) is 0 Å². The molecular weight excluding hydrogens is 369 g/mol. The van der Waals surface area contributed by atoms with E-state index < -0.39 is 5.54 Å². The number of aryl methyl sites for hydroxylation is 1. The average Bonchev–Trinajstić information content (AvgIpc) is 2.98. The van der Waals surface area contributed by atoms with Crippen LogP contribution in [-0.4, -0.2) is 10.5 Å². The highest BCUT2D eigenvalue weighted by atomic mass is 35.5. The molecule has 0 aliphatic rings. The van der Waals surface area contributed by atoms with Crippen molar-refractivity contribution in [1.82, 2.24) is 4.57 Å². The SMILES string of the molecule is CCCn1ccc2cc(NC(=O)C(C)(N)c3ccccc3)ccc21.Cl.Cl. The van der Waals surface area contributed by atoms with Gasteiger partial charge in [0.1, 0.15) is 5.54 Å². The van der Waals surface area contributed by atoms with Gasteiger partial charge in [-0.2, -0.15) is 0 Å². The number of amides is 1. The third-order valence-electron chi connectivity index (χ3n) is 4.34. The molecule has 0 aliphatic heterocycles. The Labute approximate surface area is 166 Å². The van der Waals surface area contributed by atoms with Gasteiger partial charge in [0.2, 0.25) is 5.91 Å². The van der Waals surface area contributed by atoms with Crippen molar-refractivity contribution in [3.8, 4) is 0 Å². The Morgan fingerprint density at radius 1 is 1.12 bits per heavy atom. The van der Waals surface area contributed by atoms with Crippen LogP contribution in [0, 0.1) is 0 Å². The van der Waals surface area contributed by atoms with Gasteiger partial charge < -0.3 is 15.6 Å². The molecule has 0 aliphatic carbocycles. The molecule has 140 valence electrons. The third kappa shape index (κ3) is 4.39. The number of nitrogens with two attached hydrogens (primary N) is 1.